The summed E-state index contributed by atoms with van der Waals surface area (Å²) in [6.45, 7) is 4.26. The van der Waals surface area contributed by atoms with E-state index in [1.54, 1.807) is 0 Å². The molecule has 13 heavy (non-hydrogen) atoms. The molecule has 0 amide bonds. The summed E-state index contributed by atoms with van der Waals surface area (Å²) in [5, 5.41) is 3.47. The fraction of sp³-hybridized carbons (Fsp3) is 0.200. The van der Waals surface area contributed by atoms with Crippen molar-refractivity contribution in [3.05, 3.63) is 34.9 Å². The van der Waals surface area contributed by atoms with Crippen LogP contribution in [-0.2, 0) is 9.63 Å². The van der Waals surface area contributed by atoms with Crippen LogP contribution in [-0.4, -0.2) is 12.7 Å². The number of nitrogens with zero attached hydrogens (tertiary/aromatic N) is 1. The van der Waals surface area contributed by atoms with Gasteiger partial charge in [-0.2, -0.15) is 0 Å². The van der Waals surface area contributed by atoms with Crippen LogP contribution in [0.3, 0.4) is 0 Å². The van der Waals surface area contributed by atoms with Crippen LogP contribution in [0.4, 0.5) is 0 Å². The van der Waals surface area contributed by atoms with E-state index in [2.05, 4.69) is 9.99 Å². The normalized spacial score (nSPS) is 10.3. The fourth-order valence-electron chi connectivity index (χ4n) is 1.01. The maximum Gasteiger partial charge on any atom is 0.323 e. The zero-order chi connectivity index (χ0) is 9.68. The van der Waals surface area contributed by atoms with Gasteiger partial charge in [-0.25, -0.2) is 0 Å². The van der Waals surface area contributed by atoms with Crippen molar-refractivity contribution in [3.8, 4) is 0 Å². The van der Waals surface area contributed by atoms with Gasteiger partial charge >= 0.3 is 6.47 Å². The van der Waals surface area contributed by atoms with Gasteiger partial charge in [-0.3, -0.25) is 4.79 Å². The van der Waals surface area contributed by atoms with Crippen LogP contribution >= 0.6 is 0 Å². The van der Waals surface area contributed by atoms with Gasteiger partial charge in [0.05, 0.1) is 6.21 Å². The van der Waals surface area contributed by atoms with E-state index in [-0.39, 0.29) is 0 Å². The standard InChI is InChI=1S/C10H11NO2/c1-8-3-4-9(2)10(5-8)6-11-13-7-12/h3-7H,1-2H3/b11-6-. The Labute approximate surface area is 77.0 Å². The molecular formula is C10H11NO2. The van der Waals surface area contributed by atoms with E-state index in [0.29, 0.717) is 6.47 Å². The largest absolute Gasteiger partial charge is 0.323 e. The Hall–Kier alpha value is -1.64. The Bertz CT molecular complexity index is 332. The van der Waals surface area contributed by atoms with Gasteiger partial charge in [0.25, 0.3) is 0 Å². The lowest BCUT2D eigenvalue weighted by atomic mass is 10.1. The molecule has 3 nitrogen and oxygen atoms in total. The van der Waals surface area contributed by atoms with Crippen LogP contribution in [0.1, 0.15) is 16.7 Å². The second-order valence-corrected chi connectivity index (χ2v) is 2.80. The SMILES string of the molecule is Cc1ccc(C)c(/C=N\OC=O)c1. The minimum atomic E-state index is 0.293. The maximum atomic E-state index is 9.81. The van der Waals surface area contributed by atoms with E-state index in [4.69, 9.17) is 0 Å². The quantitative estimate of drug-likeness (QED) is 0.305. The molecule has 0 spiro atoms. The summed E-state index contributed by atoms with van der Waals surface area (Å²) in [6, 6.07) is 6.00. The number of hydrogen-bond acceptors (Lipinski definition) is 3. The molecule has 0 aliphatic rings. The first-order chi connectivity index (χ1) is 6.24. The summed E-state index contributed by atoms with van der Waals surface area (Å²) in [5.74, 6) is 0. The molecule has 1 aromatic rings. The molecule has 0 radical (unpaired) electrons. The van der Waals surface area contributed by atoms with Crippen molar-refractivity contribution < 1.29 is 9.63 Å². The highest BCUT2D eigenvalue weighted by atomic mass is 16.7. The number of carbonyl (C=O) groups is 1. The Morgan fingerprint density at radius 2 is 2.15 bits per heavy atom. The Morgan fingerprint density at radius 1 is 1.38 bits per heavy atom. The van der Waals surface area contributed by atoms with Crippen LogP contribution in [0.15, 0.2) is 23.4 Å². The lowest BCUT2D eigenvalue weighted by Crippen LogP contribution is -1.89. The molecule has 0 aliphatic heterocycles. The van der Waals surface area contributed by atoms with Crippen molar-refractivity contribution in [1.82, 2.24) is 0 Å². The van der Waals surface area contributed by atoms with Crippen molar-refractivity contribution in [1.29, 1.82) is 0 Å². The molecule has 0 aliphatic carbocycles. The smallest absolute Gasteiger partial charge is 0.322 e. The van der Waals surface area contributed by atoms with Gasteiger partial charge in [0.15, 0.2) is 0 Å². The zero-order valence-corrected chi connectivity index (χ0v) is 7.65. The Morgan fingerprint density at radius 3 is 2.85 bits per heavy atom. The minimum absolute atomic E-state index is 0.293. The van der Waals surface area contributed by atoms with E-state index in [0.717, 1.165) is 16.7 Å². The van der Waals surface area contributed by atoms with Crippen molar-refractivity contribution in [2.75, 3.05) is 0 Å². The van der Waals surface area contributed by atoms with Gasteiger partial charge in [-0.05, 0) is 25.0 Å². The molecule has 0 atom stereocenters. The average Bonchev–Trinajstić information content (AvgIpc) is 2.11. The molecule has 0 N–H and O–H groups in total. The van der Waals surface area contributed by atoms with Crippen LogP contribution in [0, 0.1) is 13.8 Å². The topological polar surface area (TPSA) is 38.7 Å². The zero-order valence-electron chi connectivity index (χ0n) is 7.65. The first-order valence-corrected chi connectivity index (χ1v) is 3.94. The molecule has 0 aromatic heterocycles. The molecule has 68 valence electrons. The molecule has 0 unspecified atom stereocenters. The number of carbonyl (C=O) groups excluding carboxylic acids is 1. The second-order valence-electron chi connectivity index (χ2n) is 2.80. The summed E-state index contributed by atoms with van der Waals surface area (Å²) in [5.41, 5.74) is 3.21. The van der Waals surface area contributed by atoms with Crippen molar-refractivity contribution in [2.24, 2.45) is 5.16 Å². The summed E-state index contributed by atoms with van der Waals surface area (Å²) in [7, 11) is 0. The van der Waals surface area contributed by atoms with Gasteiger partial charge in [0.1, 0.15) is 0 Å². The highest BCUT2D eigenvalue weighted by molar-refractivity contribution is 5.81. The van der Waals surface area contributed by atoms with Crippen LogP contribution < -0.4 is 0 Å². The number of aryl methyl sites for hydroxylation is 2. The summed E-state index contributed by atoms with van der Waals surface area (Å²) in [4.78, 5) is 14.0. The Balaban J connectivity index is 2.86. The van der Waals surface area contributed by atoms with E-state index in [9.17, 15) is 4.79 Å². The fourth-order valence-corrected chi connectivity index (χ4v) is 1.01. The summed E-state index contributed by atoms with van der Waals surface area (Å²) >= 11 is 0. The van der Waals surface area contributed by atoms with Gasteiger partial charge in [0, 0.05) is 0 Å². The molecule has 1 rings (SSSR count). The van der Waals surface area contributed by atoms with E-state index < -0.39 is 0 Å². The Kier molecular flexibility index (Phi) is 3.20. The van der Waals surface area contributed by atoms with E-state index in [1.165, 1.54) is 6.21 Å². The van der Waals surface area contributed by atoms with E-state index >= 15 is 0 Å². The first kappa shape index (κ1) is 9.45. The summed E-state index contributed by atoms with van der Waals surface area (Å²) < 4.78 is 0. The molecule has 1 aromatic carbocycles. The monoisotopic (exact) mass is 177 g/mol. The molecule has 0 bridgehead atoms. The molecule has 3 heteroatoms. The van der Waals surface area contributed by atoms with Crippen molar-refractivity contribution in [2.45, 2.75) is 13.8 Å². The van der Waals surface area contributed by atoms with Gasteiger partial charge in [-0.15, -0.1) is 0 Å². The second kappa shape index (κ2) is 4.40. The van der Waals surface area contributed by atoms with Crippen LogP contribution in [0.5, 0.6) is 0 Å². The number of hydrogen-bond donors (Lipinski definition) is 0. The first-order valence-electron chi connectivity index (χ1n) is 3.94. The lowest BCUT2D eigenvalue weighted by molar-refractivity contribution is -0.128. The van der Waals surface area contributed by atoms with E-state index in [1.807, 2.05) is 32.0 Å². The summed E-state index contributed by atoms with van der Waals surface area (Å²) in [6.07, 6.45) is 1.52. The van der Waals surface area contributed by atoms with Crippen molar-refractivity contribution in [3.63, 3.8) is 0 Å². The maximum absolute atomic E-state index is 9.81. The van der Waals surface area contributed by atoms with Crippen molar-refractivity contribution >= 4 is 12.7 Å². The van der Waals surface area contributed by atoms with Crippen LogP contribution in [0.25, 0.3) is 0 Å². The molecule has 0 fully saturated rings. The number of oxime groups is 1. The predicted molar refractivity (Wildman–Crippen MR) is 50.7 cm³/mol. The van der Waals surface area contributed by atoms with Gasteiger partial charge < -0.3 is 4.84 Å². The lowest BCUT2D eigenvalue weighted by Gasteiger charge is -1.99. The third-order valence-electron chi connectivity index (χ3n) is 1.73. The highest BCUT2D eigenvalue weighted by Crippen LogP contribution is 2.07. The highest BCUT2D eigenvalue weighted by Gasteiger charge is 1.94. The number of rotatable bonds is 3. The molecular weight excluding hydrogens is 166 g/mol. The third kappa shape index (κ3) is 2.71. The molecule has 0 saturated heterocycles. The number of benzene rings is 1. The third-order valence-corrected chi connectivity index (χ3v) is 1.73. The molecule has 0 saturated carbocycles. The van der Waals surface area contributed by atoms with Gasteiger partial charge in [0.2, 0.25) is 0 Å². The minimum Gasteiger partial charge on any atom is -0.322 e. The average molecular weight is 177 g/mol. The molecule has 0 heterocycles. The van der Waals surface area contributed by atoms with Crippen LogP contribution in [0.2, 0.25) is 0 Å². The predicted octanol–water partition coefficient (Wildman–Crippen LogP) is 1.81. The van der Waals surface area contributed by atoms with Gasteiger partial charge in [-0.1, -0.05) is 28.9 Å².